The minimum Gasteiger partial charge on any atom is -0.508 e. The number of aryl methyl sites for hydroxylation is 2. The number of hydrogen-bond donors (Lipinski definition) is 3. The molecule has 3 amide bonds. The molecule has 1 saturated carbocycles. The average Bonchev–Trinajstić information content (AvgIpc) is 2.83. The number of rotatable bonds is 11. The number of phenols is 1. The van der Waals surface area contributed by atoms with Crippen molar-refractivity contribution in [3.63, 3.8) is 0 Å². The highest BCUT2D eigenvalue weighted by Crippen LogP contribution is 2.35. The standard InChI is InChI=1S/C32H45N3O5/c1-7-8-18-33-29(37)28(26-17-12-21(2)19-22(26)3)35(24-10-9-11-24)30(38)27(34-31(39)40-32(4,5)6)20-23-13-15-25(36)16-14-23/h12-17,19,24,27-28,36H,7-11,18,20H2,1-6H3,(H,33,37)(H,34,39). The van der Waals surface area contributed by atoms with E-state index in [2.05, 4.69) is 17.6 Å². The van der Waals surface area contributed by atoms with Crippen molar-refractivity contribution in [3.05, 3.63) is 64.7 Å². The molecule has 8 nitrogen and oxygen atoms in total. The number of alkyl carbamates (subject to hydrolysis) is 1. The lowest BCUT2D eigenvalue weighted by Crippen LogP contribution is -2.58. The smallest absolute Gasteiger partial charge is 0.408 e. The Kier molecular flexibility index (Phi) is 10.6. The Morgan fingerprint density at radius 3 is 2.30 bits per heavy atom. The Morgan fingerprint density at radius 1 is 1.07 bits per heavy atom. The lowest BCUT2D eigenvalue weighted by Gasteiger charge is -2.44. The maximum absolute atomic E-state index is 14.5. The zero-order valence-electron chi connectivity index (χ0n) is 24.8. The fourth-order valence-corrected chi connectivity index (χ4v) is 4.92. The highest BCUT2D eigenvalue weighted by molar-refractivity contribution is 5.93. The third-order valence-corrected chi connectivity index (χ3v) is 7.16. The Labute approximate surface area is 238 Å². The molecule has 3 rings (SSSR count). The van der Waals surface area contributed by atoms with Gasteiger partial charge in [0, 0.05) is 19.0 Å². The summed E-state index contributed by atoms with van der Waals surface area (Å²) in [7, 11) is 0. The van der Waals surface area contributed by atoms with Gasteiger partial charge in [0.25, 0.3) is 0 Å². The monoisotopic (exact) mass is 551 g/mol. The van der Waals surface area contributed by atoms with Crippen LogP contribution in [0.2, 0.25) is 0 Å². The minimum absolute atomic E-state index is 0.112. The summed E-state index contributed by atoms with van der Waals surface area (Å²) in [5.74, 6) is -0.443. The fourth-order valence-electron chi connectivity index (χ4n) is 4.92. The molecule has 1 fully saturated rings. The van der Waals surface area contributed by atoms with Crippen LogP contribution < -0.4 is 10.6 Å². The van der Waals surface area contributed by atoms with Crippen LogP contribution in [0.5, 0.6) is 5.75 Å². The third-order valence-electron chi connectivity index (χ3n) is 7.16. The first-order valence-corrected chi connectivity index (χ1v) is 14.3. The van der Waals surface area contributed by atoms with Crippen LogP contribution in [0.1, 0.15) is 88.1 Å². The first-order chi connectivity index (χ1) is 18.9. The molecule has 0 radical (unpaired) electrons. The average molecular weight is 552 g/mol. The van der Waals surface area contributed by atoms with Crippen LogP contribution in [-0.4, -0.2) is 52.1 Å². The van der Waals surface area contributed by atoms with E-state index in [0.29, 0.717) is 6.54 Å². The molecular weight excluding hydrogens is 506 g/mol. The van der Waals surface area contributed by atoms with E-state index in [0.717, 1.165) is 54.4 Å². The number of nitrogens with one attached hydrogen (secondary N) is 2. The van der Waals surface area contributed by atoms with Crippen LogP contribution in [0.25, 0.3) is 0 Å². The van der Waals surface area contributed by atoms with Crippen LogP contribution in [0.3, 0.4) is 0 Å². The molecule has 2 aromatic carbocycles. The van der Waals surface area contributed by atoms with Crippen LogP contribution in [0.4, 0.5) is 4.79 Å². The summed E-state index contributed by atoms with van der Waals surface area (Å²) in [6.07, 6.45) is 3.79. The molecule has 218 valence electrons. The molecule has 0 aromatic heterocycles. The second-order valence-corrected chi connectivity index (χ2v) is 11.8. The first-order valence-electron chi connectivity index (χ1n) is 14.3. The van der Waals surface area contributed by atoms with E-state index in [-0.39, 0.29) is 30.0 Å². The van der Waals surface area contributed by atoms with Gasteiger partial charge in [0.2, 0.25) is 11.8 Å². The van der Waals surface area contributed by atoms with Gasteiger partial charge in [-0.3, -0.25) is 9.59 Å². The molecule has 0 aliphatic heterocycles. The summed E-state index contributed by atoms with van der Waals surface area (Å²) >= 11 is 0. The van der Waals surface area contributed by atoms with Crippen LogP contribution in [0.15, 0.2) is 42.5 Å². The van der Waals surface area contributed by atoms with Gasteiger partial charge in [0.1, 0.15) is 23.4 Å². The number of benzene rings is 2. The van der Waals surface area contributed by atoms with Crippen molar-refractivity contribution in [2.45, 2.75) is 104 Å². The van der Waals surface area contributed by atoms with Crippen LogP contribution in [-0.2, 0) is 20.7 Å². The Hall–Kier alpha value is -3.55. The maximum Gasteiger partial charge on any atom is 0.408 e. The molecule has 0 heterocycles. The highest BCUT2D eigenvalue weighted by atomic mass is 16.6. The van der Waals surface area contributed by atoms with Gasteiger partial charge in [0.15, 0.2) is 0 Å². The summed E-state index contributed by atoms with van der Waals surface area (Å²) in [6.45, 7) is 11.8. The summed E-state index contributed by atoms with van der Waals surface area (Å²) in [6, 6.07) is 10.5. The lowest BCUT2D eigenvalue weighted by molar-refractivity contribution is -0.147. The zero-order valence-corrected chi connectivity index (χ0v) is 24.8. The molecule has 2 aromatic rings. The molecule has 1 aliphatic carbocycles. The van der Waals surface area contributed by atoms with Gasteiger partial charge in [-0.2, -0.15) is 0 Å². The van der Waals surface area contributed by atoms with Crippen LogP contribution >= 0.6 is 0 Å². The molecule has 0 saturated heterocycles. The number of carbonyl (C=O) groups excluding carboxylic acids is 3. The van der Waals surface area contributed by atoms with E-state index in [4.69, 9.17) is 4.74 Å². The Bertz CT molecular complexity index is 1170. The van der Waals surface area contributed by atoms with Gasteiger partial charge < -0.3 is 25.4 Å². The summed E-state index contributed by atoms with van der Waals surface area (Å²) < 4.78 is 5.51. The molecular formula is C32H45N3O5. The molecule has 3 N–H and O–H groups in total. The van der Waals surface area contributed by atoms with Gasteiger partial charge in [-0.1, -0.05) is 49.2 Å². The topological polar surface area (TPSA) is 108 Å². The van der Waals surface area contributed by atoms with E-state index in [9.17, 15) is 19.5 Å². The van der Waals surface area contributed by atoms with Gasteiger partial charge in [-0.25, -0.2) is 4.79 Å². The van der Waals surface area contributed by atoms with Crippen LogP contribution in [0, 0.1) is 13.8 Å². The predicted octanol–water partition coefficient (Wildman–Crippen LogP) is 5.48. The van der Waals surface area contributed by atoms with Crippen molar-refractivity contribution in [3.8, 4) is 5.75 Å². The maximum atomic E-state index is 14.5. The van der Waals surface area contributed by atoms with Crippen molar-refractivity contribution in [2.24, 2.45) is 0 Å². The Balaban J connectivity index is 2.04. The summed E-state index contributed by atoms with van der Waals surface area (Å²) in [5, 5.41) is 15.6. The number of ether oxygens (including phenoxy) is 1. The summed E-state index contributed by atoms with van der Waals surface area (Å²) in [5.41, 5.74) is 2.80. The highest BCUT2D eigenvalue weighted by Gasteiger charge is 2.42. The van der Waals surface area contributed by atoms with Gasteiger partial charge >= 0.3 is 6.09 Å². The molecule has 1 aliphatic rings. The Morgan fingerprint density at radius 2 is 1.75 bits per heavy atom. The van der Waals surface area contributed by atoms with E-state index >= 15 is 0 Å². The van der Waals surface area contributed by atoms with Crippen molar-refractivity contribution in [1.29, 1.82) is 0 Å². The number of phenolic OH excluding ortho intramolecular Hbond substituents is 1. The SMILES string of the molecule is CCCCNC(=O)C(c1ccc(C)cc1C)N(C(=O)C(Cc1ccc(O)cc1)NC(=O)OC(C)(C)C)C1CCC1. The van der Waals surface area contributed by atoms with E-state index < -0.39 is 23.8 Å². The molecule has 0 spiro atoms. The minimum atomic E-state index is -0.975. The van der Waals surface area contributed by atoms with Gasteiger partial charge in [-0.15, -0.1) is 0 Å². The van der Waals surface area contributed by atoms with Crippen molar-refractivity contribution in [1.82, 2.24) is 15.5 Å². The van der Waals surface area contributed by atoms with Crippen molar-refractivity contribution >= 4 is 17.9 Å². The molecule has 40 heavy (non-hydrogen) atoms. The van der Waals surface area contributed by atoms with Gasteiger partial charge in [-0.05, 0) is 89.1 Å². The molecule has 2 unspecified atom stereocenters. The second-order valence-electron chi connectivity index (χ2n) is 11.8. The lowest BCUT2D eigenvalue weighted by atomic mass is 9.86. The number of aromatic hydroxyl groups is 1. The largest absolute Gasteiger partial charge is 0.508 e. The van der Waals surface area contributed by atoms with E-state index in [1.54, 1.807) is 49.9 Å². The van der Waals surface area contributed by atoms with E-state index in [1.807, 2.05) is 32.0 Å². The number of carbonyl (C=O) groups is 3. The molecule has 0 bridgehead atoms. The number of amides is 3. The number of hydrogen-bond acceptors (Lipinski definition) is 5. The van der Waals surface area contributed by atoms with Gasteiger partial charge in [0.05, 0.1) is 0 Å². The third kappa shape index (κ3) is 8.47. The summed E-state index contributed by atoms with van der Waals surface area (Å²) in [4.78, 5) is 42.9. The van der Waals surface area contributed by atoms with Crippen molar-refractivity contribution in [2.75, 3.05) is 6.54 Å². The predicted molar refractivity (Wildman–Crippen MR) is 156 cm³/mol. The van der Waals surface area contributed by atoms with Crippen molar-refractivity contribution < 1.29 is 24.2 Å². The number of nitrogens with zero attached hydrogens (tertiary/aromatic N) is 1. The second kappa shape index (κ2) is 13.7. The normalized spacial score (nSPS) is 14.9. The number of unbranched alkanes of at least 4 members (excludes halogenated alkanes) is 1. The quantitative estimate of drug-likeness (QED) is 0.321. The molecule has 2 atom stereocenters. The molecule has 8 heteroatoms. The fraction of sp³-hybridized carbons (Fsp3) is 0.531. The zero-order chi connectivity index (χ0) is 29.4. The van der Waals surface area contributed by atoms with E-state index in [1.165, 1.54) is 0 Å². The first kappa shape index (κ1) is 31.0.